The van der Waals surface area contributed by atoms with Crippen LogP contribution in [-0.4, -0.2) is 17.7 Å². The first kappa shape index (κ1) is 22.5. The maximum Gasteiger partial charge on any atom is 0.283 e. The van der Waals surface area contributed by atoms with E-state index in [1.807, 2.05) is 0 Å². The van der Waals surface area contributed by atoms with Gasteiger partial charge in [-0.25, -0.2) is 9.29 Å². The van der Waals surface area contributed by atoms with Gasteiger partial charge < -0.3 is 10.6 Å². The number of benzene rings is 3. The van der Waals surface area contributed by atoms with Crippen LogP contribution in [0, 0.1) is 12.7 Å². The molecule has 0 saturated heterocycles. The van der Waals surface area contributed by atoms with Gasteiger partial charge in [0, 0.05) is 16.3 Å². The van der Waals surface area contributed by atoms with Crippen LogP contribution in [-0.2, 0) is 9.59 Å². The standard InChI is InChI=1S/C24H16Cl2FN3O3/c1-13-9-10-15(25)12-19(13)30-23(32)20(26)21(24(30)33)28-16-6-4-5-14(11-16)22(31)29-18-8-3-2-7-17(18)27/h2-12,28H,1H3,(H,29,31). The molecule has 33 heavy (non-hydrogen) atoms. The van der Waals surface area contributed by atoms with Crippen LogP contribution in [0.15, 0.2) is 77.5 Å². The number of carbonyl (C=O) groups is 3. The van der Waals surface area contributed by atoms with Crippen molar-refractivity contribution in [2.75, 3.05) is 15.5 Å². The number of hydrogen-bond acceptors (Lipinski definition) is 4. The van der Waals surface area contributed by atoms with Crippen molar-refractivity contribution in [1.29, 1.82) is 0 Å². The maximum atomic E-state index is 13.8. The van der Waals surface area contributed by atoms with Crippen LogP contribution < -0.4 is 15.5 Å². The van der Waals surface area contributed by atoms with Crippen LogP contribution in [0.5, 0.6) is 0 Å². The molecule has 4 rings (SSSR count). The first-order valence-electron chi connectivity index (χ1n) is 9.74. The molecule has 1 aliphatic heterocycles. The van der Waals surface area contributed by atoms with Crippen LogP contribution in [0.1, 0.15) is 15.9 Å². The second-order valence-electron chi connectivity index (χ2n) is 7.21. The van der Waals surface area contributed by atoms with Gasteiger partial charge in [0.2, 0.25) is 0 Å². The molecule has 6 nitrogen and oxygen atoms in total. The first-order valence-corrected chi connectivity index (χ1v) is 10.5. The molecule has 3 amide bonds. The molecule has 0 radical (unpaired) electrons. The topological polar surface area (TPSA) is 78.5 Å². The van der Waals surface area contributed by atoms with Gasteiger partial charge in [-0.15, -0.1) is 0 Å². The molecule has 0 bridgehead atoms. The quantitative estimate of drug-likeness (QED) is 0.471. The molecule has 0 aromatic heterocycles. The lowest BCUT2D eigenvalue weighted by molar-refractivity contribution is -0.120. The molecule has 0 saturated carbocycles. The smallest absolute Gasteiger partial charge is 0.283 e. The number of para-hydroxylation sites is 1. The number of halogens is 3. The molecule has 3 aromatic rings. The van der Waals surface area contributed by atoms with E-state index < -0.39 is 23.5 Å². The number of carbonyl (C=O) groups excluding carboxylic acids is 3. The highest BCUT2D eigenvalue weighted by Gasteiger charge is 2.39. The molecular weight excluding hydrogens is 468 g/mol. The number of nitrogens with zero attached hydrogens (tertiary/aromatic N) is 1. The predicted molar refractivity (Wildman–Crippen MR) is 126 cm³/mol. The molecule has 3 aromatic carbocycles. The van der Waals surface area contributed by atoms with Crippen molar-refractivity contribution < 1.29 is 18.8 Å². The lowest BCUT2D eigenvalue weighted by atomic mass is 10.1. The highest BCUT2D eigenvalue weighted by molar-refractivity contribution is 6.53. The van der Waals surface area contributed by atoms with E-state index in [0.29, 0.717) is 22.0 Å². The number of imide groups is 1. The van der Waals surface area contributed by atoms with Crippen molar-refractivity contribution >= 4 is 58.0 Å². The van der Waals surface area contributed by atoms with E-state index in [0.717, 1.165) is 4.90 Å². The number of rotatable bonds is 5. The van der Waals surface area contributed by atoms with Crippen molar-refractivity contribution in [2.24, 2.45) is 0 Å². The second kappa shape index (κ2) is 9.05. The van der Waals surface area contributed by atoms with Crippen molar-refractivity contribution in [3.8, 4) is 0 Å². The molecule has 0 fully saturated rings. The summed E-state index contributed by atoms with van der Waals surface area (Å²) < 4.78 is 13.8. The zero-order chi connectivity index (χ0) is 23.7. The Balaban J connectivity index is 1.57. The largest absolute Gasteiger partial charge is 0.350 e. The van der Waals surface area contributed by atoms with Gasteiger partial charge in [-0.2, -0.15) is 0 Å². The van der Waals surface area contributed by atoms with Crippen molar-refractivity contribution in [3.63, 3.8) is 0 Å². The molecule has 1 aliphatic rings. The van der Waals surface area contributed by atoms with Crippen molar-refractivity contribution in [2.45, 2.75) is 6.92 Å². The molecule has 0 aliphatic carbocycles. The summed E-state index contributed by atoms with van der Waals surface area (Å²) >= 11 is 12.2. The third kappa shape index (κ3) is 4.46. The fourth-order valence-electron chi connectivity index (χ4n) is 3.29. The molecule has 1 heterocycles. The normalized spacial score (nSPS) is 13.5. The SMILES string of the molecule is Cc1ccc(Cl)cc1N1C(=O)C(Cl)=C(Nc2cccc(C(=O)Nc3ccccc3F)c2)C1=O. The fourth-order valence-corrected chi connectivity index (χ4v) is 3.67. The van der Waals surface area contributed by atoms with Crippen LogP contribution >= 0.6 is 23.2 Å². The Morgan fingerprint density at radius 2 is 1.70 bits per heavy atom. The van der Waals surface area contributed by atoms with Gasteiger partial charge in [0.1, 0.15) is 16.5 Å². The minimum atomic E-state index is -0.692. The van der Waals surface area contributed by atoms with Gasteiger partial charge in [-0.3, -0.25) is 14.4 Å². The van der Waals surface area contributed by atoms with Crippen molar-refractivity contribution in [1.82, 2.24) is 0 Å². The van der Waals surface area contributed by atoms with Crippen molar-refractivity contribution in [3.05, 3.63) is 99.4 Å². The van der Waals surface area contributed by atoms with Gasteiger partial charge in [0.25, 0.3) is 17.7 Å². The molecule has 0 spiro atoms. The maximum absolute atomic E-state index is 13.8. The van der Waals surface area contributed by atoms with E-state index in [-0.39, 0.29) is 22.0 Å². The Labute approximate surface area is 198 Å². The van der Waals surface area contributed by atoms with Crippen LogP contribution in [0.2, 0.25) is 5.02 Å². The number of nitrogens with one attached hydrogen (secondary N) is 2. The number of anilines is 3. The zero-order valence-corrected chi connectivity index (χ0v) is 18.7. The minimum absolute atomic E-state index is 0.0377. The van der Waals surface area contributed by atoms with Gasteiger partial charge in [0.15, 0.2) is 0 Å². The Kier molecular flexibility index (Phi) is 6.18. The number of hydrogen-bond donors (Lipinski definition) is 2. The van der Waals surface area contributed by atoms with Crippen LogP contribution in [0.25, 0.3) is 0 Å². The van der Waals surface area contributed by atoms with Crippen LogP contribution in [0.4, 0.5) is 21.5 Å². The molecule has 0 atom stereocenters. The summed E-state index contributed by atoms with van der Waals surface area (Å²) in [5, 5.41) is 5.39. The summed E-state index contributed by atoms with van der Waals surface area (Å²) in [6.45, 7) is 1.74. The zero-order valence-electron chi connectivity index (χ0n) is 17.2. The van der Waals surface area contributed by atoms with Crippen LogP contribution in [0.3, 0.4) is 0 Å². The second-order valence-corrected chi connectivity index (χ2v) is 8.02. The molecule has 9 heteroatoms. The third-order valence-corrected chi connectivity index (χ3v) is 5.54. The average molecular weight is 484 g/mol. The fraction of sp³-hybridized carbons (Fsp3) is 0.0417. The Morgan fingerprint density at radius 3 is 2.45 bits per heavy atom. The van der Waals surface area contributed by atoms with E-state index >= 15 is 0 Å². The molecule has 166 valence electrons. The number of amides is 3. The van der Waals surface area contributed by atoms with Gasteiger partial charge in [-0.05, 0) is 55.0 Å². The van der Waals surface area contributed by atoms with E-state index in [2.05, 4.69) is 10.6 Å². The average Bonchev–Trinajstić information content (AvgIpc) is 3.00. The molecule has 0 unspecified atom stereocenters. The van der Waals surface area contributed by atoms with Gasteiger partial charge >= 0.3 is 0 Å². The van der Waals surface area contributed by atoms with E-state index in [1.54, 1.807) is 37.3 Å². The summed E-state index contributed by atoms with van der Waals surface area (Å²) in [4.78, 5) is 39.3. The molecular formula is C24H16Cl2FN3O3. The highest BCUT2D eigenvalue weighted by Crippen LogP contribution is 2.33. The van der Waals surface area contributed by atoms with E-state index in [1.165, 1.54) is 36.4 Å². The highest BCUT2D eigenvalue weighted by atomic mass is 35.5. The van der Waals surface area contributed by atoms with Gasteiger partial charge in [0.05, 0.1) is 11.4 Å². The lowest BCUT2D eigenvalue weighted by Crippen LogP contribution is -2.32. The summed E-state index contributed by atoms with van der Waals surface area (Å²) in [6, 6.07) is 16.8. The third-order valence-electron chi connectivity index (χ3n) is 4.96. The Bertz CT molecular complexity index is 1340. The molecule has 2 N–H and O–H groups in total. The number of aryl methyl sites for hydroxylation is 1. The summed E-state index contributed by atoms with van der Waals surface area (Å²) in [5.74, 6) is -2.46. The minimum Gasteiger partial charge on any atom is -0.350 e. The first-order chi connectivity index (χ1) is 15.8. The monoisotopic (exact) mass is 483 g/mol. The Morgan fingerprint density at radius 1 is 0.939 bits per heavy atom. The predicted octanol–water partition coefficient (Wildman–Crippen LogP) is 5.48. The van der Waals surface area contributed by atoms with E-state index in [9.17, 15) is 18.8 Å². The summed E-state index contributed by atoms with van der Waals surface area (Å²) in [7, 11) is 0. The lowest BCUT2D eigenvalue weighted by Gasteiger charge is -2.18. The summed E-state index contributed by atoms with van der Waals surface area (Å²) in [5.41, 5.74) is 1.45. The summed E-state index contributed by atoms with van der Waals surface area (Å²) in [6.07, 6.45) is 0. The Hall–Kier alpha value is -3.68. The van der Waals surface area contributed by atoms with Gasteiger partial charge in [-0.1, -0.05) is 47.5 Å². The van der Waals surface area contributed by atoms with E-state index in [4.69, 9.17) is 23.2 Å².